The van der Waals surface area contributed by atoms with Gasteiger partial charge in [0.05, 0.1) is 6.33 Å². The van der Waals surface area contributed by atoms with Crippen LogP contribution in [-0.2, 0) is 6.54 Å². The lowest BCUT2D eigenvalue weighted by atomic mass is 10.3. The van der Waals surface area contributed by atoms with E-state index < -0.39 is 0 Å². The molecule has 0 saturated carbocycles. The van der Waals surface area contributed by atoms with Crippen LogP contribution in [-0.4, -0.2) is 24.9 Å². The predicted octanol–water partition coefficient (Wildman–Crippen LogP) is 1.67. The van der Waals surface area contributed by atoms with Gasteiger partial charge < -0.3 is 10.3 Å². The molecule has 6 heteroatoms. The van der Waals surface area contributed by atoms with E-state index in [1.807, 2.05) is 25.3 Å². The summed E-state index contributed by atoms with van der Waals surface area (Å²) in [6.45, 7) is 2.52. The van der Waals surface area contributed by atoms with Crippen molar-refractivity contribution in [2.24, 2.45) is 0 Å². The maximum atomic E-state index is 4.37. The first-order chi connectivity index (χ1) is 8.83. The van der Waals surface area contributed by atoms with Gasteiger partial charge in [0.2, 0.25) is 0 Å². The number of nitrogens with zero attached hydrogens (tertiary/aromatic N) is 4. The maximum absolute atomic E-state index is 4.37. The molecule has 0 aliphatic heterocycles. The normalized spacial score (nSPS) is 10.7. The number of fused-ring (bicyclic) bond motifs is 1. The third-order valence-electron chi connectivity index (χ3n) is 2.58. The molecule has 0 spiro atoms. The first-order valence-electron chi connectivity index (χ1n) is 5.63. The van der Waals surface area contributed by atoms with Gasteiger partial charge in [0.15, 0.2) is 11.5 Å². The fourth-order valence-electron chi connectivity index (χ4n) is 1.76. The average Bonchev–Trinajstić information content (AvgIpc) is 2.85. The topological polar surface area (TPSA) is 79.4 Å². The van der Waals surface area contributed by atoms with Gasteiger partial charge in [-0.3, -0.25) is 4.98 Å². The first kappa shape index (κ1) is 10.6. The summed E-state index contributed by atoms with van der Waals surface area (Å²) in [4.78, 5) is 19.9. The SMILES string of the molecule is Cc1nc(NCc2cccnc2)c2[nH]cnc2n1. The quantitative estimate of drug-likeness (QED) is 0.728. The maximum Gasteiger partial charge on any atom is 0.183 e. The Morgan fingerprint density at radius 2 is 2.28 bits per heavy atom. The van der Waals surface area contributed by atoms with E-state index in [-0.39, 0.29) is 0 Å². The fraction of sp³-hybridized carbons (Fsp3) is 0.167. The molecule has 0 fully saturated rings. The Morgan fingerprint density at radius 3 is 3.11 bits per heavy atom. The summed E-state index contributed by atoms with van der Waals surface area (Å²) in [5.74, 6) is 1.46. The highest BCUT2D eigenvalue weighted by molar-refractivity contribution is 5.82. The third-order valence-corrected chi connectivity index (χ3v) is 2.58. The molecular weight excluding hydrogens is 228 g/mol. The van der Waals surface area contributed by atoms with Crippen molar-refractivity contribution in [3.8, 4) is 0 Å². The molecule has 0 radical (unpaired) electrons. The minimum atomic E-state index is 0.665. The van der Waals surface area contributed by atoms with Crippen molar-refractivity contribution in [2.45, 2.75) is 13.5 Å². The van der Waals surface area contributed by atoms with E-state index in [0.717, 1.165) is 16.9 Å². The molecule has 0 unspecified atom stereocenters. The molecular formula is C12H12N6. The van der Waals surface area contributed by atoms with Gasteiger partial charge in [-0.15, -0.1) is 0 Å². The number of imidazole rings is 1. The van der Waals surface area contributed by atoms with Crippen LogP contribution < -0.4 is 5.32 Å². The van der Waals surface area contributed by atoms with Gasteiger partial charge in [0.1, 0.15) is 11.3 Å². The van der Waals surface area contributed by atoms with Crippen molar-refractivity contribution >= 4 is 17.0 Å². The Kier molecular flexibility index (Phi) is 2.60. The minimum Gasteiger partial charge on any atom is -0.364 e. The second kappa shape index (κ2) is 4.40. The molecule has 0 aliphatic carbocycles. The van der Waals surface area contributed by atoms with Crippen molar-refractivity contribution in [3.05, 3.63) is 42.2 Å². The zero-order valence-electron chi connectivity index (χ0n) is 9.88. The van der Waals surface area contributed by atoms with E-state index >= 15 is 0 Å². The zero-order chi connectivity index (χ0) is 12.4. The number of aromatic amines is 1. The molecule has 2 N–H and O–H groups in total. The van der Waals surface area contributed by atoms with Gasteiger partial charge in [-0.05, 0) is 18.6 Å². The molecule has 6 nitrogen and oxygen atoms in total. The molecule has 3 aromatic heterocycles. The monoisotopic (exact) mass is 240 g/mol. The summed E-state index contributed by atoms with van der Waals surface area (Å²) >= 11 is 0. The Hall–Kier alpha value is -2.50. The zero-order valence-corrected chi connectivity index (χ0v) is 9.88. The summed E-state index contributed by atoms with van der Waals surface area (Å²) in [6, 6.07) is 3.92. The van der Waals surface area contributed by atoms with E-state index in [4.69, 9.17) is 0 Å². The van der Waals surface area contributed by atoms with Crippen LogP contribution in [0.3, 0.4) is 0 Å². The molecule has 90 valence electrons. The molecule has 0 atom stereocenters. The fourth-order valence-corrected chi connectivity index (χ4v) is 1.76. The standard InChI is InChI=1S/C12H12N6/c1-8-17-11(10-12(18-8)16-7-15-10)14-6-9-3-2-4-13-5-9/h2-5,7H,6H2,1H3,(H2,14,15,16,17,18). The van der Waals surface area contributed by atoms with Crippen molar-refractivity contribution < 1.29 is 0 Å². The number of hydrogen-bond donors (Lipinski definition) is 2. The van der Waals surface area contributed by atoms with Gasteiger partial charge in [-0.2, -0.15) is 0 Å². The van der Waals surface area contributed by atoms with Crippen LogP contribution >= 0.6 is 0 Å². The highest BCUT2D eigenvalue weighted by atomic mass is 15.1. The molecule has 0 aliphatic rings. The van der Waals surface area contributed by atoms with Gasteiger partial charge in [-0.1, -0.05) is 6.07 Å². The second-order valence-electron chi connectivity index (χ2n) is 3.94. The lowest BCUT2D eigenvalue weighted by Crippen LogP contribution is -2.04. The molecule has 3 aromatic rings. The van der Waals surface area contributed by atoms with Crippen LogP contribution in [0.25, 0.3) is 11.2 Å². The van der Waals surface area contributed by atoms with Crippen molar-refractivity contribution in [2.75, 3.05) is 5.32 Å². The minimum absolute atomic E-state index is 0.665. The number of anilines is 1. The lowest BCUT2D eigenvalue weighted by molar-refractivity contribution is 1.04. The van der Waals surface area contributed by atoms with Crippen LogP contribution in [0.1, 0.15) is 11.4 Å². The first-order valence-corrected chi connectivity index (χ1v) is 5.63. The average molecular weight is 240 g/mol. The third kappa shape index (κ3) is 2.00. The summed E-state index contributed by atoms with van der Waals surface area (Å²) in [5, 5.41) is 3.27. The van der Waals surface area contributed by atoms with Crippen molar-refractivity contribution in [1.29, 1.82) is 0 Å². The smallest absolute Gasteiger partial charge is 0.183 e. The van der Waals surface area contributed by atoms with E-state index in [2.05, 4.69) is 30.2 Å². The summed E-state index contributed by atoms with van der Waals surface area (Å²) in [6.07, 6.45) is 5.20. The summed E-state index contributed by atoms with van der Waals surface area (Å²) in [5.41, 5.74) is 2.60. The van der Waals surface area contributed by atoms with Crippen LogP contribution in [0, 0.1) is 6.92 Å². The largest absolute Gasteiger partial charge is 0.364 e. The Bertz CT molecular complexity index is 661. The number of rotatable bonds is 3. The Labute approximate surface area is 104 Å². The van der Waals surface area contributed by atoms with Gasteiger partial charge in [0.25, 0.3) is 0 Å². The molecule has 3 rings (SSSR count). The molecule has 0 aromatic carbocycles. The molecule has 3 heterocycles. The molecule has 0 saturated heterocycles. The highest BCUT2D eigenvalue weighted by Crippen LogP contribution is 2.16. The number of aromatic nitrogens is 5. The number of hydrogen-bond acceptors (Lipinski definition) is 5. The van der Waals surface area contributed by atoms with Gasteiger partial charge in [-0.25, -0.2) is 15.0 Å². The number of aryl methyl sites for hydroxylation is 1. The molecule has 0 amide bonds. The van der Waals surface area contributed by atoms with Crippen molar-refractivity contribution in [3.63, 3.8) is 0 Å². The van der Waals surface area contributed by atoms with Crippen LogP contribution in [0.5, 0.6) is 0 Å². The molecule has 0 bridgehead atoms. The summed E-state index contributed by atoms with van der Waals surface area (Å²) in [7, 11) is 0. The highest BCUT2D eigenvalue weighted by Gasteiger charge is 2.07. The molecule has 18 heavy (non-hydrogen) atoms. The van der Waals surface area contributed by atoms with Crippen LogP contribution in [0.4, 0.5) is 5.82 Å². The van der Waals surface area contributed by atoms with E-state index in [1.165, 1.54) is 0 Å². The van der Waals surface area contributed by atoms with E-state index in [1.54, 1.807) is 12.5 Å². The number of pyridine rings is 1. The second-order valence-corrected chi connectivity index (χ2v) is 3.94. The summed E-state index contributed by atoms with van der Waals surface area (Å²) < 4.78 is 0. The number of nitrogens with one attached hydrogen (secondary N) is 2. The van der Waals surface area contributed by atoms with Gasteiger partial charge in [0, 0.05) is 18.9 Å². The van der Waals surface area contributed by atoms with Crippen molar-refractivity contribution in [1.82, 2.24) is 24.9 Å². The van der Waals surface area contributed by atoms with Crippen LogP contribution in [0.15, 0.2) is 30.9 Å². The number of H-pyrrole nitrogens is 1. The Balaban J connectivity index is 1.88. The lowest BCUT2D eigenvalue weighted by Gasteiger charge is -2.06. The van der Waals surface area contributed by atoms with E-state index in [0.29, 0.717) is 18.0 Å². The van der Waals surface area contributed by atoms with E-state index in [9.17, 15) is 0 Å². The Morgan fingerprint density at radius 1 is 1.33 bits per heavy atom. The van der Waals surface area contributed by atoms with Crippen LogP contribution in [0.2, 0.25) is 0 Å². The predicted molar refractivity (Wildman–Crippen MR) is 68.0 cm³/mol. The van der Waals surface area contributed by atoms with Gasteiger partial charge >= 0.3 is 0 Å².